The minimum Gasteiger partial charge on any atom is -0.271 e. The van der Waals surface area contributed by atoms with Crippen LogP contribution in [0.1, 0.15) is 72.1 Å². The second kappa shape index (κ2) is 4.58. The molecule has 4 bridgehead atoms. The summed E-state index contributed by atoms with van der Waals surface area (Å²) in [6.45, 7) is 11.3. The lowest BCUT2D eigenvalue weighted by Crippen LogP contribution is -2.62. The van der Waals surface area contributed by atoms with Gasteiger partial charge in [0.25, 0.3) is 0 Å². The second-order valence-electron chi connectivity index (χ2n) is 9.21. The molecule has 114 valence electrons. The summed E-state index contributed by atoms with van der Waals surface area (Å²) >= 11 is 0. The maximum absolute atomic E-state index is 5.99. The summed E-state index contributed by atoms with van der Waals surface area (Å²) in [5.74, 6) is 6.93. The Hall–Kier alpha value is -0.340. The molecule has 0 aromatic heterocycles. The van der Waals surface area contributed by atoms with Gasteiger partial charge in [0.15, 0.2) is 0 Å². The van der Waals surface area contributed by atoms with E-state index in [1.807, 2.05) is 0 Å². The fourth-order valence-electron chi connectivity index (χ4n) is 6.88. The van der Waals surface area contributed by atoms with E-state index in [9.17, 15) is 0 Å². The van der Waals surface area contributed by atoms with Gasteiger partial charge in [-0.25, -0.2) is 0 Å². The van der Waals surface area contributed by atoms with E-state index in [0.29, 0.717) is 22.3 Å². The first-order chi connectivity index (χ1) is 9.28. The van der Waals surface area contributed by atoms with Crippen molar-refractivity contribution in [2.24, 2.45) is 28.0 Å². The molecule has 0 saturated heterocycles. The minimum atomic E-state index is 0.452. The van der Waals surface area contributed by atoms with Crippen molar-refractivity contribution < 1.29 is 0 Å². The molecule has 0 aliphatic heterocycles. The molecule has 3 unspecified atom stereocenters. The van der Waals surface area contributed by atoms with Crippen molar-refractivity contribution in [3.63, 3.8) is 0 Å². The average Bonchev–Trinajstić information content (AvgIpc) is 2.23. The molecule has 4 fully saturated rings. The Balaban J connectivity index is 1.85. The van der Waals surface area contributed by atoms with Gasteiger partial charge in [-0.15, -0.1) is 6.58 Å². The second-order valence-corrected chi connectivity index (χ2v) is 9.21. The van der Waals surface area contributed by atoms with Crippen LogP contribution in [-0.4, -0.2) is 6.04 Å². The lowest BCUT2D eigenvalue weighted by Gasteiger charge is -2.67. The smallest absolute Gasteiger partial charge is 0.0270 e. The lowest BCUT2D eigenvalue weighted by atomic mass is 9.39. The van der Waals surface area contributed by atoms with E-state index in [2.05, 4.69) is 32.8 Å². The van der Waals surface area contributed by atoms with Crippen LogP contribution in [-0.2, 0) is 0 Å². The van der Waals surface area contributed by atoms with E-state index in [1.165, 1.54) is 44.1 Å². The van der Waals surface area contributed by atoms with Gasteiger partial charge in [-0.1, -0.05) is 19.4 Å². The summed E-state index contributed by atoms with van der Waals surface area (Å²) in [6.07, 6.45) is 10.8. The molecule has 0 amide bonds. The molecule has 4 saturated carbocycles. The van der Waals surface area contributed by atoms with Crippen LogP contribution in [0, 0.1) is 22.2 Å². The molecule has 2 heteroatoms. The Bertz CT molecular complexity index is 396. The van der Waals surface area contributed by atoms with E-state index in [0.717, 1.165) is 18.8 Å². The van der Waals surface area contributed by atoms with Crippen LogP contribution in [0.3, 0.4) is 0 Å². The maximum atomic E-state index is 5.99. The van der Waals surface area contributed by atoms with Crippen LogP contribution in [0.25, 0.3) is 0 Å². The first kappa shape index (κ1) is 14.6. The number of hydrazine groups is 1. The van der Waals surface area contributed by atoms with Crippen LogP contribution < -0.4 is 11.3 Å². The predicted molar refractivity (Wildman–Crippen MR) is 85.0 cm³/mol. The highest BCUT2D eigenvalue weighted by atomic mass is 15.2. The topological polar surface area (TPSA) is 38.0 Å². The molecule has 0 aromatic rings. The molecule has 4 rings (SSSR count). The molecular formula is C18H32N2. The van der Waals surface area contributed by atoms with Crippen molar-refractivity contribution in [3.8, 4) is 0 Å². The Morgan fingerprint density at radius 3 is 2.25 bits per heavy atom. The van der Waals surface area contributed by atoms with Gasteiger partial charge in [0, 0.05) is 6.04 Å². The zero-order chi connectivity index (χ0) is 14.6. The molecule has 0 heterocycles. The highest BCUT2D eigenvalue weighted by Crippen LogP contribution is 2.70. The van der Waals surface area contributed by atoms with Gasteiger partial charge in [0.2, 0.25) is 0 Å². The van der Waals surface area contributed by atoms with Gasteiger partial charge < -0.3 is 0 Å². The molecule has 0 radical (unpaired) electrons. The van der Waals surface area contributed by atoms with Crippen molar-refractivity contribution in [3.05, 3.63) is 12.2 Å². The van der Waals surface area contributed by atoms with Gasteiger partial charge in [0.05, 0.1) is 0 Å². The Labute approximate surface area is 124 Å². The number of nitrogens with one attached hydrogen (secondary N) is 1. The van der Waals surface area contributed by atoms with E-state index in [4.69, 9.17) is 5.84 Å². The fourth-order valence-corrected chi connectivity index (χ4v) is 6.88. The molecule has 2 nitrogen and oxygen atoms in total. The third-order valence-electron chi connectivity index (χ3n) is 6.47. The summed E-state index contributed by atoms with van der Waals surface area (Å²) in [4.78, 5) is 0. The molecule has 0 aromatic carbocycles. The number of hydrogen-bond acceptors (Lipinski definition) is 2. The average molecular weight is 276 g/mol. The first-order valence-electron chi connectivity index (χ1n) is 8.39. The number of hydrogen-bond donors (Lipinski definition) is 2. The largest absolute Gasteiger partial charge is 0.271 e. The summed E-state index contributed by atoms with van der Waals surface area (Å²) in [5, 5.41) is 0. The maximum Gasteiger partial charge on any atom is 0.0270 e. The number of rotatable bonds is 5. The highest BCUT2D eigenvalue weighted by Gasteiger charge is 2.61. The summed E-state index contributed by atoms with van der Waals surface area (Å²) in [7, 11) is 0. The van der Waals surface area contributed by atoms with E-state index >= 15 is 0 Å². The minimum absolute atomic E-state index is 0.452. The summed E-state index contributed by atoms with van der Waals surface area (Å²) < 4.78 is 0. The van der Waals surface area contributed by atoms with Crippen molar-refractivity contribution in [1.29, 1.82) is 0 Å². The molecule has 4 aliphatic carbocycles. The van der Waals surface area contributed by atoms with Crippen LogP contribution in [0.15, 0.2) is 12.2 Å². The highest BCUT2D eigenvalue weighted by molar-refractivity contribution is 5.13. The standard InChI is InChI=1S/C18H32N2/c1-13(2)5-6-15(20-19)18-9-14-7-16(3,11-18)10-17(4,8-14)12-18/h14-15,20H,1,5-12,19H2,2-4H3. The Morgan fingerprint density at radius 2 is 1.80 bits per heavy atom. The molecular weight excluding hydrogens is 244 g/mol. The van der Waals surface area contributed by atoms with Crippen molar-refractivity contribution in [2.45, 2.75) is 78.2 Å². The van der Waals surface area contributed by atoms with Crippen molar-refractivity contribution in [2.75, 3.05) is 0 Å². The van der Waals surface area contributed by atoms with Gasteiger partial charge in [-0.3, -0.25) is 11.3 Å². The molecule has 3 atom stereocenters. The number of nitrogens with two attached hydrogens (primary N) is 1. The molecule has 20 heavy (non-hydrogen) atoms. The van der Waals surface area contributed by atoms with E-state index < -0.39 is 0 Å². The van der Waals surface area contributed by atoms with E-state index in [1.54, 1.807) is 0 Å². The number of allylic oxidation sites excluding steroid dienone is 1. The van der Waals surface area contributed by atoms with Gasteiger partial charge in [0.1, 0.15) is 0 Å². The summed E-state index contributed by atoms with van der Waals surface area (Å²) in [5.41, 5.74) is 6.10. The predicted octanol–water partition coefficient (Wildman–Crippen LogP) is 4.17. The first-order valence-corrected chi connectivity index (χ1v) is 8.39. The molecule has 0 spiro atoms. The zero-order valence-electron chi connectivity index (χ0n) is 13.6. The third-order valence-corrected chi connectivity index (χ3v) is 6.47. The summed E-state index contributed by atoms with van der Waals surface area (Å²) in [6, 6.07) is 0.473. The Kier molecular flexibility index (Phi) is 3.34. The van der Waals surface area contributed by atoms with Crippen LogP contribution in [0.2, 0.25) is 0 Å². The Morgan fingerprint density at radius 1 is 1.20 bits per heavy atom. The third kappa shape index (κ3) is 2.35. The van der Waals surface area contributed by atoms with Crippen LogP contribution in [0.4, 0.5) is 0 Å². The van der Waals surface area contributed by atoms with Crippen LogP contribution in [0.5, 0.6) is 0 Å². The SMILES string of the molecule is C=C(C)CCC(NN)C12CC3CC(C)(CC(C)(C3)C1)C2. The normalized spacial score (nSPS) is 47.5. The van der Waals surface area contributed by atoms with Crippen molar-refractivity contribution in [1.82, 2.24) is 5.43 Å². The molecule has 4 aliphatic rings. The van der Waals surface area contributed by atoms with Crippen molar-refractivity contribution >= 4 is 0 Å². The zero-order valence-corrected chi connectivity index (χ0v) is 13.6. The van der Waals surface area contributed by atoms with Crippen LogP contribution >= 0.6 is 0 Å². The molecule has 3 N–H and O–H groups in total. The monoisotopic (exact) mass is 276 g/mol. The van der Waals surface area contributed by atoms with Gasteiger partial charge >= 0.3 is 0 Å². The fraction of sp³-hybridized carbons (Fsp3) is 0.889. The van der Waals surface area contributed by atoms with Gasteiger partial charge in [-0.2, -0.15) is 0 Å². The van der Waals surface area contributed by atoms with Gasteiger partial charge in [-0.05, 0) is 80.5 Å². The van der Waals surface area contributed by atoms with E-state index in [-0.39, 0.29) is 0 Å². The lowest BCUT2D eigenvalue weighted by molar-refractivity contribution is -0.158. The quantitative estimate of drug-likeness (QED) is 0.449.